The molecule has 5 nitrogen and oxygen atoms in total. The molecule has 1 fully saturated rings. The number of piperidine rings is 1. The molecule has 3 rings (SSSR count). The summed E-state index contributed by atoms with van der Waals surface area (Å²) in [7, 11) is 0. The Bertz CT molecular complexity index is 766. The minimum Gasteiger partial charge on any atom is -0.481 e. The van der Waals surface area contributed by atoms with Crippen molar-refractivity contribution >= 4 is 11.9 Å². The number of hydrogen-bond donors (Lipinski definition) is 1. The molecule has 0 spiro atoms. The summed E-state index contributed by atoms with van der Waals surface area (Å²) in [4.78, 5) is 29.8. The molecular weight excluding hydrogens is 323 g/mol. The van der Waals surface area contributed by atoms with Gasteiger partial charge >= 0.3 is 5.97 Å². The lowest BCUT2D eigenvalue weighted by Gasteiger charge is -2.39. The SMILES string of the molecule is O=C(O)[C@H]1CCC(=O)N(CCc2cccc(F)c2)[C@H]1c1cccnc1. The topological polar surface area (TPSA) is 70.5 Å². The highest BCUT2D eigenvalue weighted by Gasteiger charge is 2.40. The van der Waals surface area contributed by atoms with Crippen LogP contribution in [0.5, 0.6) is 0 Å². The second-order valence-corrected chi connectivity index (χ2v) is 6.18. The number of carbonyl (C=O) groups excluding carboxylic acids is 1. The first-order valence-corrected chi connectivity index (χ1v) is 8.23. The standard InChI is InChI=1S/C19H19FN2O3/c20-15-5-1-3-13(11-15)8-10-22-17(23)7-6-16(19(24)25)18(22)14-4-2-9-21-12-14/h1-5,9,11-12,16,18H,6-8,10H2,(H,24,25)/t16-,18-/m0/s1. The molecule has 1 aromatic carbocycles. The van der Waals surface area contributed by atoms with Crippen LogP contribution in [-0.4, -0.2) is 33.4 Å². The van der Waals surface area contributed by atoms with Crippen LogP contribution in [0.15, 0.2) is 48.8 Å². The number of carboxylic acid groups (broad SMARTS) is 1. The molecule has 1 aliphatic heterocycles. The first-order valence-electron chi connectivity index (χ1n) is 8.23. The molecule has 25 heavy (non-hydrogen) atoms. The van der Waals surface area contributed by atoms with Crippen LogP contribution in [0.1, 0.15) is 30.0 Å². The van der Waals surface area contributed by atoms with Gasteiger partial charge in [-0.2, -0.15) is 0 Å². The lowest BCUT2D eigenvalue weighted by molar-refractivity contribution is -0.152. The molecule has 0 saturated carbocycles. The van der Waals surface area contributed by atoms with Gasteiger partial charge in [0.2, 0.25) is 5.91 Å². The molecule has 1 amide bonds. The minimum absolute atomic E-state index is 0.0808. The highest BCUT2D eigenvalue weighted by Crippen LogP contribution is 2.36. The Kier molecular flexibility index (Phi) is 5.07. The maximum atomic E-state index is 13.4. The van der Waals surface area contributed by atoms with Crippen molar-refractivity contribution in [3.63, 3.8) is 0 Å². The van der Waals surface area contributed by atoms with E-state index in [2.05, 4.69) is 4.98 Å². The smallest absolute Gasteiger partial charge is 0.308 e. The van der Waals surface area contributed by atoms with E-state index in [0.717, 1.165) is 5.56 Å². The van der Waals surface area contributed by atoms with Gasteiger partial charge in [-0.3, -0.25) is 14.6 Å². The predicted molar refractivity (Wildman–Crippen MR) is 89.2 cm³/mol. The Morgan fingerprint density at radius 3 is 2.84 bits per heavy atom. The van der Waals surface area contributed by atoms with E-state index in [1.165, 1.54) is 12.1 Å². The molecule has 1 aromatic heterocycles. The average molecular weight is 342 g/mol. The molecule has 1 N–H and O–H groups in total. The number of amides is 1. The summed E-state index contributed by atoms with van der Waals surface area (Å²) in [5.74, 6) is -2.00. The van der Waals surface area contributed by atoms with E-state index in [9.17, 15) is 19.1 Å². The summed E-state index contributed by atoms with van der Waals surface area (Å²) in [6, 6.07) is 9.20. The van der Waals surface area contributed by atoms with Crippen LogP contribution in [0.4, 0.5) is 4.39 Å². The monoisotopic (exact) mass is 342 g/mol. The van der Waals surface area contributed by atoms with Gasteiger partial charge in [-0.25, -0.2) is 4.39 Å². The predicted octanol–water partition coefficient (Wildman–Crippen LogP) is 2.83. The van der Waals surface area contributed by atoms with Crippen LogP contribution in [0.2, 0.25) is 0 Å². The van der Waals surface area contributed by atoms with Crippen LogP contribution in [-0.2, 0) is 16.0 Å². The number of hydrogen-bond acceptors (Lipinski definition) is 3. The number of nitrogens with zero attached hydrogens (tertiary/aromatic N) is 2. The number of likely N-dealkylation sites (tertiary alicyclic amines) is 1. The largest absolute Gasteiger partial charge is 0.481 e. The first kappa shape index (κ1) is 17.1. The maximum Gasteiger partial charge on any atom is 0.308 e. The van der Waals surface area contributed by atoms with Crippen molar-refractivity contribution in [2.24, 2.45) is 5.92 Å². The lowest BCUT2D eigenvalue weighted by Crippen LogP contribution is -2.46. The third-order valence-corrected chi connectivity index (χ3v) is 4.58. The van der Waals surface area contributed by atoms with Gasteiger partial charge in [0.1, 0.15) is 5.82 Å². The van der Waals surface area contributed by atoms with Gasteiger partial charge in [0.15, 0.2) is 0 Å². The molecule has 0 radical (unpaired) electrons. The van der Waals surface area contributed by atoms with Crippen molar-refractivity contribution in [2.75, 3.05) is 6.54 Å². The summed E-state index contributed by atoms with van der Waals surface area (Å²) >= 11 is 0. The Morgan fingerprint density at radius 1 is 1.32 bits per heavy atom. The third kappa shape index (κ3) is 3.84. The third-order valence-electron chi connectivity index (χ3n) is 4.58. The number of carboxylic acids is 1. The van der Waals surface area contributed by atoms with Gasteiger partial charge in [0.25, 0.3) is 0 Å². The van der Waals surface area contributed by atoms with Crippen LogP contribution < -0.4 is 0 Å². The zero-order chi connectivity index (χ0) is 17.8. The zero-order valence-electron chi connectivity index (χ0n) is 13.6. The van der Waals surface area contributed by atoms with Gasteiger partial charge in [-0.05, 0) is 42.2 Å². The van der Waals surface area contributed by atoms with Crippen molar-refractivity contribution < 1.29 is 19.1 Å². The zero-order valence-corrected chi connectivity index (χ0v) is 13.6. The van der Waals surface area contributed by atoms with E-state index in [-0.39, 0.29) is 18.1 Å². The number of aromatic nitrogens is 1. The Hall–Kier alpha value is -2.76. The van der Waals surface area contributed by atoms with Crippen molar-refractivity contribution in [1.29, 1.82) is 0 Å². The fraction of sp³-hybridized carbons (Fsp3) is 0.316. The summed E-state index contributed by atoms with van der Waals surface area (Å²) in [5, 5.41) is 9.59. The summed E-state index contributed by atoms with van der Waals surface area (Å²) in [5.41, 5.74) is 1.48. The van der Waals surface area contributed by atoms with Crippen molar-refractivity contribution in [2.45, 2.75) is 25.3 Å². The maximum absolute atomic E-state index is 13.4. The van der Waals surface area contributed by atoms with E-state index in [4.69, 9.17) is 0 Å². The van der Waals surface area contributed by atoms with Crippen molar-refractivity contribution in [3.05, 3.63) is 65.7 Å². The molecule has 0 bridgehead atoms. The van der Waals surface area contributed by atoms with E-state index in [0.29, 0.717) is 24.9 Å². The highest BCUT2D eigenvalue weighted by atomic mass is 19.1. The molecule has 0 aliphatic carbocycles. The fourth-order valence-electron chi connectivity index (χ4n) is 3.38. The molecule has 130 valence electrons. The van der Waals surface area contributed by atoms with Crippen molar-refractivity contribution in [1.82, 2.24) is 9.88 Å². The van der Waals surface area contributed by atoms with Crippen LogP contribution in [0, 0.1) is 11.7 Å². The Morgan fingerprint density at radius 2 is 2.16 bits per heavy atom. The number of rotatable bonds is 5. The molecule has 1 saturated heterocycles. The number of halogens is 1. The van der Waals surface area contributed by atoms with Crippen LogP contribution in [0.3, 0.4) is 0 Å². The van der Waals surface area contributed by atoms with Gasteiger partial charge in [0, 0.05) is 25.4 Å². The first-order chi connectivity index (χ1) is 12.1. The molecule has 6 heteroatoms. The van der Waals surface area contributed by atoms with Gasteiger partial charge in [-0.1, -0.05) is 18.2 Å². The normalized spacial score (nSPS) is 20.5. The fourth-order valence-corrected chi connectivity index (χ4v) is 3.38. The summed E-state index contributed by atoms with van der Waals surface area (Å²) < 4.78 is 13.4. The molecule has 2 aromatic rings. The van der Waals surface area contributed by atoms with E-state index in [1.54, 1.807) is 41.6 Å². The second kappa shape index (κ2) is 7.42. The highest BCUT2D eigenvalue weighted by molar-refractivity contribution is 5.81. The quantitative estimate of drug-likeness (QED) is 0.907. The lowest BCUT2D eigenvalue weighted by atomic mass is 9.84. The van der Waals surface area contributed by atoms with E-state index < -0.39 is 17.9 Å². The summed E-state index contributed by atoms with van der Waals surface area (Å²) in [6.07, 6.45) is 4.20. The van der Waals surface area contributed by atoms with Gasteiger partial charge in [0.05, 0.1) is 12.0 Å². The van der Waals surface area contributed by atoms with Crippen molar-refractivity contribution in [3.8, 4) is 0 Å². The van der Waals surface area contributed by atoms with E-state index in [1.807, 2.05) is 0 Å². The number of carbonyl (C=O) groups is 2. The molecule has 0 unspecified atom stereocenters. The molecular formula is C19H19FN2O3. The molecule has 2 atom stereocenters. The summed E-state index contributed by atoms with van der Waals surface area (Å²) in [6.45, 7) is 0.339. The average Bonchev–Trinajstić information content (AvgIpc) is 2.61. The van der Waals surface area contributed by atoms with Crippen LogP contribution >= 0.6 is 0 Å². The number of aliphatic carboxylic acids is 1. The van der Waals surface area contributed by atoms with Gasteiger partial charge in [-0.15, -0.1) is 0 Å². The van der Waals surface area contributed by atoms with E-state index >= 15 is 0 Å². The molecule has 1 aliphatic rings. The number of benzene rings is 1. The molecule has 2 heterocycles. The second-order valence-electron chi connectivity index (χ2n) is 6.18. The Balaban J connectivity index is 1.86. The van der Waals surface area contributed by atoms with Gasteiger partial charge < -0.3 is 10.0 Å². The van der Waals surface area contributed by atoms with Crippen LogP contribution in [0.25, 0.3) is 0 Å². The Labute approximate surface area is 145 Å². The number of pyridine rings is 1. The minimum atomic E-state index is -0.919.